The number of benzene rings is 1. The first kappa shape index (κ1) is 12.3. The van der Waals surface area contributed by atoms with Crippen LogP contribution in [-0.2, 0) is 11.2 Å². The monoisotopic (exact) mass is 224 g/mol. The number of aromatic hydroxyl groups is 2. The predicted octanol–water partition coefficient (Wildman–Crippen LogP) is 0.0558. The minimum atomic E-state index is -0.640. The van der Waals surface area contributed by atoms with E-state index in [4.69, 9.17) is 10.8 Å². The highest BCUT2D eigenvalue weighted by Gasteiger charge is 2.16. The van der Waals surface area contributed by atoms with Crippen LogP contribution in [-0.4, -0.2) is 41.2 Å². The molecule has 1 aromatic rings. The van der Waals surface area contributed by atoms with Gasteiger partial charge in [-0.1, -0.05) is 6.07 Å². The van der Waals surface area contributed by atoms with E-state index in [2.05, 4.69) is 0 Å². The van der Waals surface area contributed by atoms with Gasteiger partial charge in [0.2, 0.25) is 5.91 Å². The maximum Gasteiger partial charge on any atom is 0.239 e. The van der Waals surface area contributed by atoms with Crippen molar-refractivity contribution in [3.05, 3.63) is 23.8 Å². The van der Waals surface area contributed by atoms with Crippen LogP contribution in [0.4, 0.5) is 0 Å². The SMILES string of the molecule is CN(C)C(=O)C(N)Cc1ccc(O)c(O)c1. The molecule has 0 spiro atoms. The molecule has 0 aliphatic carbocycles. The van der Waals surface area contributed by atoms with Gasteiger partial charge in [0.1, 0.15) is 0 Å². The fourth-order valence-electron chi connectivity index (χ4n) is 1.37. The van der Waals surface area contributed by atoms with Crippen LogP contribution in [0.1, 0.15) is 5.56 Å². The third-order valence-corrected chi connectivity index (χ3v) is 2.25. The van der Waals surface area contributed by atoms with Crippen molar-refractivity contribution in [2.24, 2.45) is 5.73 Å². The number of hydrogen-bond donors (Lipinski definition) is 3. The quantitative estimate of drug-likeness (QED) is 0.633. The Labute approximate surface area is 94.1 Å². The number of nitrogens with zero attached hydrogens (tertiary/aromatic N) is 1. The Bertz CT molecular complexity index is 391. The van der Waals surface area contributed by atoms with E-state index in [0.29, 0.717) is 12.0 Å². The van der Waals surface area contributed by atoms with E-state index in [0.717, 1.165) is 0 Å². The second kappa shape index (κ2) is 4.85. The number of phenols is 2. The molecule has 0 saturated heterocycles. The molecule has 1 unspecified atom stereocenters. The van der Waals surface area contributed by atoms with Crippen molar-refractivity contribution in [1.82, 2.24) is 4.90 Å². The zero-order valence-corrected chi connectivity index (χ0v) is 9.34. The van der Waals surface area contributed by atoms with Crippen LogP contribution in [0.25, 0.3) is 0 Å². The van der Waals surface area contributed by atoms with E-state index in [-0.39, 0.29) is 17.4 Å². The fourth-order valence-corrected chi connectivity index (χ4v) is 1.37. The molecular weight excluding hydrogens is 208 g/mol. The van der Waals surface area contributed by atoms with Crippen molar-refractivity contribution in [2.75, 3.05) is 14.1 Å². The number of likely N-dealkylation sites (N-methyl/N-ethyl adjacent to an activating group) is 1. The summed E-state index contributed by atoms with van der Waals surface area (Å²) in [6.45, 7) is 0. The molecule has 0 heterocycles. The summed E-state index contributed by atoms with van der Waals surface area (Å²) >= 11 is 0. The average molecular weight is 224 g/mol. The first-order valence-corrected chi connectivity index (χ1v) is 4.89. The summed E-state index contributed by atoms with van der Waals surface area (Å²) < 4.78 is 0. The van der Waals surface area contributed by atoms with Crippen LogP contribution in [0.2, 0.25) is 0 Å². The number of carbonyl (C=O) groups is 1. The summed E-state index contributed by atoms with van der Waals surface area (Å²) in [7, 11) is 3.27. The summed E-state index contributed by atoms with van der Waals surface area (Å²) in [5.41, 5.74) is 6.41. The molecule has 5 heteroatoms. The number of nitrogens with two attached hydrogens (primary N) is 1. The second-order valence-corrected chi connectivity index (χ2v) is 3.87. The molecular formula is C11H16N2O3. The summed E-state index contributed by atoms with van der Waals surface area (Å²) in [6, 6.07) is 3.76. The molecule has 0 bridgehead atoms. The van der Waals surface area contributed by atoms with Crippen molar-refractivity contribution in [3.8, 4) is 11.5 Å². The van der Waals surface area contributed by atoms with Crippen molar-refractivity contribution >= 4 is 5.91 Å². The van der Waals surface area contributed by atoms with E-state index in [1.807, 2.05) is 0 Å². The van der Waals surface area contributed by atoms with Gasteiger partial charge in [-0.25, -0.2) is 0 Å². The minimum Gasteiger partial charge on any atom is -0.504 e. The van der Waals surface area contributed by atoms with Gasteiger partial charge in [0.05, 0.1) is 6.04 Å². The smallest absolute Gasteiger partial charge is 0.239 e. The van der Waals surface area contributed by atoms with Crippen LogP contribution >= 0.6 is 0 Å². The first-order chi connectivity index (χ1) is 7.41. The largest absolute Gasteiger partial charge is 0.504 e. The molecule has 0 aromatic heterocycles. The molecule has 1 atom stereocenters. The van der Waals surface area contributed by atoms with Crippen LogP contribution in [0.5, 0.6) is 11.5 Å². The van der Waals surface area contributed by atoms with Crippen molar-refractivity contribution < 1.29 is 15.0 Å². The normalized spacial score (nSPS) is 12.2. The average Bonchev–Trinajstić information content (AvgIpc) is 2.22. The van der Waals surface area contributed by atoms with Gasteiger partial charge in [-0.2, -0.15) is 0 Å². The highest BCUT2D eigenvalue weighted by Crippen LogP contribution is 2.25. The lowest BCUT2D eigenvalue weighted by Crippen LogP contribution is -2.41. The molecule has 0 saturated carbocycles. The zero-order valence-electron chi connectivity index (χ0n) is 9.34. The van der Waals surface area contributed by atoms with Gasteiger partial charge < -0.3 is 20.8 Å². The van der Waals surface area contributed by atoms with E-state index >= 15 is 0 Å². The van der Waals surface area contributed by atoms with Gasteiger partial charge in [0.15, 0.2) is 11.5 Å². The molecule has 1 amide bonds. The van der Waals surface area contributed by atoms with Gasteiger partial charge in [0, 0.05) is 14.1 Å². The Kier molecular flexibility index (Phi) is 3.73. The zero-order chi connectivity index (χ0) is 12.3. The number of rotatable bonds is 3. The van der Waals surface area contributed by atoms with Gasteiger partial charge in [-0.05, 0) is 24.1 Å². The number of phenolic OH excluding ortho intramolecular Hbond substituents is 2. The lowest BCUT2D eigenvalue weighted by atomic mass is 10.1. The highest BCUT2D eigenvalue weighted by molar-refractivity contribution is 5.81. The van der Waals surface area contributed by atoms with E-state index in [1.165, 1.54) is 17.0 Å². The van der Waals surface area contributed by atoms with Crippen LogP contribution in [0.3, 0.4) is 0 Å². The topological polar surface area (TPSA) is 86.8 Å². The van der Waals surface area contributed by atoms with Gasteiger partial charge in [0.25, 0.3) is 0 Å². The number of amides is 1. The lowest BCUT2D eigenvalue weighted by molar-refractivity contribution is -0.130. The maximum atomic E-state index is 11.5. The molecule has 1 rings (SSSR count). The molecule has 5 nitrogen and oxygen atoms in total. The summed E-state index contributed by atoms with van der Waals surface area (Å²) in [5, 5.41) is 18.4. The fraction of sp³-hybridized carbons (Fsp3) is 0.364. The third-order valence-electron chi connectivity index (χ3n) is 2.25. The molecule has 1 aromatic carbocycles. The molecule has 0 aliphatic heterocycles. The Morgan fingerprint density at radius 3 is 2.50 bits per heavy atom. The standard InChI is InChI=1S/C11H16N2O3/c1-13(2)11(16)8(12)5-7-3-4-9(14)10(15)6-7/h3-4,6,8,14-15H,5,12H2,1-2H3. The summed E-state index contributed by atoms with van der Waals surface area (Å²) in [6.07, 6.45) is 0.324. The second-order valence-electron chi connectivity index (χ2n) is 3.87. The van der Waals surface area contributed by atoms with E-state index < -0.39 is 6.04 Å². The van der Waals surface area contributed by atoms with E-state index in [1.54, 1.807) is 20.2 Å². The Morgan fingerprint density at radius 1 is 1.38 bits per heavy atom. The highest BCUT2D eigenvalue weighted by atomic mass is 16.3. The summed E-state index contributed by atoms with van der Waals surface area (Å²) in [4.78, 5) is 12.9. The molecule has 88 valence electrons. The molecule has 16 heavy (non-hydrogen) atoms. The van der Waals surface area contributed by atoms with Crippen molar-refractivity contribution in [1.29, 1.82) is 0 Å². The Morgan fingerprint density at radius 2 is 2.00 bits per heavy atom. The Balaban J connectivity index is 2.73. The van der Waals surface area contributed by atoms with Crippen molar-refractivity contribution in [2.45, 2.75) is 12.5 Å². The van der Waals surface area contributed by atoms with Crippen LogP contribution in [0.15, 0.2) is 18.2 Å². The number of carbonyl (C=O) groups excluding carboxylic acids is 1. The molecule has 0 radical (unpaired) electrons. The summed E-state index contributed by atoms with van der Waals surface area (Å²) in [5.74, 6) is -0.564. The predicted molar refractivity (Wildman–Crippen MR) is 60.1 cm³/mol. The molecule has 4 N–H and O–H groups in total. The maximum absolute atomic E-state index is 11.5. The van der Waals surface area contributed by atoms with E-state index in [9.17, 15) is 9.90 Å². The van der Waals surface area contributed by atoms with Gasteiger partial charge >= 0.3 is 0 Å². The third kappa shape index (κ3) is 2.87. The first-order valence-electron chi connectivity index (χ1n) is 4.89. The number of hydrogen-bond acceptors (Lipinski definition) is 4. The van der Waals surface area contributed by atoms with Crippen LogP contribution in [0, 0.1) is 0 Å². The van der Waals surface area contributed by atoms with Gasteiger partial charge in [-0.3, -0.25) is 4.79 Å². The lowest BCUT2D eigenvalue weighted by Gasteiger charge is -2.16. The van der Waals surface area contributed by atoms with Crippen molar-refractivity contribution in [3.63, 3.8) is 0 Å². The minimum absolute atomic E-state index is 0.174. The van der Waals surface area contributed by atoms with Gasteiger partial charge in [-0.15, -0.1) is 0 Å². The molecule has 0 aliphatic rings. The Hall–Kier alpha value is -1.75. The molecule has 0 fully saturated rings. The van der Waals surface area contributed by atoms with Crippen LogP contribution < -0.4 is 5.73 Å².